The molecular formula is C7H13O5. The van der Waals surface area contributed by atoms with Crippen LogP contribution in [0.2, 0.25) is 0 Å². The number of ether oxygens (including phenoxy) is 3. The summed E-state index contributed by atoms with van der Waals surface area (Å²) in [6, 6.07) is 0. The first-order chi connectivity index (χ1) is 5.91. The molecular weight excluding hydrogens is 164 g/mol. The van der Waals surface area contributed by atoms with Crippen molar-refractivity contribution in [2.45, 2.75) is 0 Å². The van der Waals surface area contributed by atoms with Crippen LogP contribution in [0.5, 0.6) is 0 Å². The zero-order valence-corrected chi connectivity index (χ0v) is 6.82. The van der Waals surface area contributed by atoms with Gasteiger partial charge >= 0.3 is 6.47 Å². The van der Waals surface area contributed by atoms with E-state index in [4.69, 9.17) is 14.6 Å². The zero-order valence-electron chi connectivity index (χ0n) is 6.82. The van der Waals surface area contributed by atoms with Gasteiger partial charge in [0, 0.05) is 0 Å². The minimum absolute atomic E-state index is 0.0171. The van der Waals surface area contributed by atoms with Gasteiger partial charge in [0.05, 0.1) is 33.0 Å². The summed E-state index contributed by atoms with van der Waals surface area (Å²) in [5.74, 6) is 0. The summed E-state index contributed by atoms with van der Waals surface area (Å²) >= 11 is 0. The predicted molar refractivity (Wildman–Crippen MR) is 40.4 cm³/mol. The molecule has 0 amide bonds. The van der Waals surface area contributed by atoms with E-state index in [-0.39, 0.29) is 13.2 Å². The molecule has 0 aliphatic carbocycles. The Labute approximate surface area is 71.2 Å². The fourth-order valence-corrected chi connectivity index (χ4v) is 0.529. The van der Waals surface area contributed by atoms with Crippen LogP contribution in [0.15, 0.2) is 0 Å². The van der Waals surface area contributed by atoms with Crippen molar-refractivity contribution in [1.29, 1.82) is 0 Å². The SMILES string of the molecule is O=[C]OCCOCCOCCO. The average Bonchev–Trinajstić information content (AvgIpc) is 2.10. The molecule has 1 N–H and O–H groups in total. The Morgan fingerprint density at radius 1 is 1.00 bits per heavy atom. The molecule has 0 unspecified atom stereocenters. The van der Waals surface area contributed by atoms with Crippen LogP contribution >= 0.6 is 0 Å². The molecule has 0 spiro atoms. The van der Waals surface area contributed by atoms with Crippen LogP contribution < -0.4 is 0 Å². The molecule has 5 heteroatoms. The molecule has 1 radical (unpaired) electrons. The molecule has 0 aromatic rings. The number of aliphatic hydroxyl groups excluding tert-OH is 1. The van der Waals surface area contributed by atoms with Gasteiger partial charge in [0.2, 0.25) is 0 Å². The van der Waals surface area contributed by atoms with Crippen molar-refractivity contribution in [2.24, 2.45) is 0 Å². The molecule has 5 nitrogen and oxygen atoms in total. The van der Waals surface area contributed by atoms with Gasteiger partial charge in [0.25, 0.3) is 0 Å². The Kier molecular flexibility index (Phi) is 9.79. The number of hydrogen-bond acceptors (Lipinski definition) is 5. The third-order valence-corrected chi connectivity index (χ3v) is 0.996. The molecule has 0 atom stereocenters. The van der Waals surface area contributed by atoms with Crippen molar-refractivity contribution in [3.63, 3.8) is 0 Å². The summed E-state index contributed by atoms with van der Waals surface area (Å²) in [4.78, 5) is 9.52. The maximum absolute atomic E-state index is 9.52. The molecule has 0 rings (SSSR count). The second kappa shape index (κ2) is 10.3. The Bertz CT molecular complexity index is 95.8. The third kappa shape index (κ3) is 9.35. The highest BCUT2D eigenvalue weighted by Crippen LogP contribution is 1.78. The lowest BCUT2D eigenvalue weighted by Crippen LogP contribution is -2.10. The van der Waals surface area contributed by atoms with Gasteiger partial charge in [0.15, 0.2) is 0 Å². The summed E-state index contributed by atoms with van der Waals surface area (Å²) < 4.78 is 14.1. The van der Waals surface area contributed by atoms with Gasteiger partial charge in [0.1, 0.15) is 6.61 Å². The van der Waals surface area contributed by atoms with Gasteiger partial charge < -0.3 is 19.3 Å². The molecule has 0 aromatic heterocycles. The number of aliphatic hydroxyl groups is 1. The van der Waals surface area contributed by atoms with E-state index < -0.39 is 0 Å². The highest BCUT2D eigenvalue weighted by atomic mass is 16.6. The van der Waals surface area contributed by atoms with Crippen molar-refractivity contribution >= 4 is 6.47 Å². The van der Waals surface area contributed by atoms with Gasteiger partial charge in [-0.2, -0.15) is 0 Å². The normalized spacial score (nSPS) is 9.75. The lowest BCUT2D eigenvalue weighted by molar-refractivity contribution is 0.0233. The van der Waals surface area contributed by atoms with Crippen LogP contribution in [0.25, 0.3) is 0 Å². The van der Waals surface area contributed by atoms with Crippen LogP contribution in [0, 0.1) is 0 Å². The molecule has 0 fully saturated rings. The summed E-state index contributed by atoms with van der Waals surface area (Å²) in [7, 11) is 0. The van der Waals surface area contributed by atoms with Gasteiger partial charge in [-0.25, -0.2) is 4.79 Å². The molecule has 0 heterocycles. The topological polar surface area (TPSA) is 65.0 Å². The van der Waals surface area contributed by atoms with E-state index in [0.717, 1.165) is 0 Å². The van der Waals surface area contributed by atoms with Crippen molar-refractivity contribution in [2.75, 3.05) is 39.6 Å². The minimum Gasteiger partial charge on any atom is -0.455 e. The number of rotatable bonds is 9. The molecule has 0 aliphatic rings. The van der Waals surface area contributed by atoms with Gasteiger partial charge in [-0.05, 0) is 0 Å². The monoisotopic (exact) mass is 177 g/mol. The third-order valence-electron chi connectivity index (χ3n) is 0.996. The second-order valence-corrected chi connectivity index (χ2v) is 1.88. The van der Waals surface area contributed by atoms with E-state index in [1.165, 1.54) is 6.47 Å². The number of hydrogen-bond donors (Lipinski definition) is 1. The fourth-order valence-electron chi connectivity index (χ4n) is 0.529. The predicted octanol–water partition coefficient (Wildman–Crippen LogP) is -0.904. The summed E-state index contributed by atoms with van der Waals surface area (Å²) in [5, 5.41) is 8.31. The van der Waals surface area contributed by atoms with Crippen LogP contribution in [0.4, 0.5) is 0 Å². The first-order valence-corrected chi connectivity index (χ1v) is 3.67. The first-order valence-electron chi connectivity index (χ1n) is 3.67. The molecule has 12 heavy (non-hydrogen) atoms. The Morgan fingerprint density at radius 3 is 2.17 bits per heavy atom. The number of carbonyl (C=O) groups excluding carboxylic acids is 1. The Hall–Kier alpha value is -0.650. The molecule has 0 aliphatic heterocycles. The van der Waals surface area contributed by atoms with Gasteiger partial charge in [-0.1, -0.05) is 0 Å². The summed E-state index contributed by atoms with van der Waals surface area (Å²) in [6.07, 6.45) is 0. The molecule has 0 bridgehead atoms. The molecule has 0 saturated carbocycles. The quantitative estimate of drug-likeness (QED) is 0.462. The maximum atomic E-state index is 9.52. The van der Waals surface area contributed by atoms with E-state index in [2.05, 4.69) is 4.74 Å². The van der Waals surface area contributed by atoms with E-state index in [9.17, 15) is 4.79 Å². The second-order valence-electron chi connectivity index (χ2n) is 1.88. The van der Waals surface area contributed by atoms with E-state index in [1.807, 2.05) is 0 Å². The highest BCUT2D eigenvalue weighted by molar-refractivity contribution is 5.37. The first kappa shape index (κ1) is 11.4. The van der Waals surface area contributed by atoms with E-state index in [0.29, 0.717) is 26.4 Å². The molecule has 0 saturated heterocycles. The van der Waals surface area contributed by atoms with Crippen molar-refractivity contribution in [3.05, 3.63) is 0 Å². The standard InChI is InChI=1S/C7H13O5/c8-1-2-10-3-4-11-5-6-12-7-9/h8H,1-6H2. The van der Waals surface area contributed by atoms with Crippen LogP contribution in [0.3, 0.4) is 0 Å². The zero-order chi connectivity index (χ0) is 9.07. The van der Waals surface area contributed by atoms with Crippen molar-refractivity contribution in [1.82, 2.24) is 0 Å². The fraction of sp³-hybridized carbons (Fsp3) is 0.857. The lowest BCUT2D eigenvalue weighted by atomic mass is 10.7. The maximum Gasteiger partial charge on any atom is 0.417 e. The minimum atomic E-state index is 0.0171. The van der Waals surface area contributed by atoms with E-state index >= 15 is 0 Å². The molecule has 0 aromatic carbocycles. The summed E-state index contributed by atoms with van der Waals surface area (Å²) in [5.41, 5.74) is 0. The Morgan fingerprint density at radius 2 is 1.58 bits per heavy atom. The largest absolute Gasteiger partial charge is 0.455 e. The van der Waals surface area contributed by atoms with Crippen LogP contribution in [-0.4, -0.2) is 51.2 Å². The van der Waals surface area contributed by atoms with Crippen LogP contribution in [0.1, 0.15) is 0 Å². The van der Waals surface area contributed by atoms with Crippen LogP contribution in [-0.2, 0) is 19.0 Å². The smallest absolute Gasteiger partial charge is 0.417 e. The van der Waals surface area contributed by atoms with Crippen molar-refractivity contribution < 1.29 is 24.1 Å². The van der Waals surface area contributed by atoms with Crippen molar-refractivity contribution in [3.8, 4) is 0 Å². The molecule has 71 valence electrons. The lowest BCUT2D eigenvalue weighted by Gasteiger charge is -2.03. The summed E-state index contributed by atoms with van der Waals surface area (Å²) in [6.45, 7) is 3.05. The Balaban J connectivity index is 2.77. The van der Waals surface area contributed by atoms with Gasteiger partial charge in [-0.3, -0.25) is 0 Å². The highest BCUT2D eigenvalue weighted by Gasteiger charge is 1.89. The van der Waals surface area contributed by atoms with Gasteiger partial charge in [-0.15, -0.1) is 0 Å². The average molecular weight is 177 g/mol. The van der Waals surface area contributed by atoms with E-state index in [1.54, 1.807) is 0 Å².